The molecule has 5 nitrogen and oxygen atoms in total. The van der Waals surface area contributed by atoms with Crippen LogP contribution in [0.5, 0.6) is 5.75 Å². The van der Waals surface area contributed by atoms with E-state index in [1.807, 2.05) is 24.3 Å². The average molecular weight is 345 g/mol. The van der Waals surface area contributed by atoms with E-state index in [2.05, 4.69) is 5.32 Å². The van der Waals surface area contributed by atoms with Crippen LogP contribution in [-0.4, -0.2) is 25.0 Å². The minimum Gasteiger partial charge on any atom is -0.495 e. The van der Waals surface area contributed by atoms with Crippen LogP contribution in [0, 0.1) is 0 Å². The molecule has 1 unspecified atom stereocenters. The molecule has 0 saturated carbocycles. The Morgan fingerprint density at radius 1 is 1.25 bits per heavy atom. The Bertz CT molecular complexity index is 807. The van der Waals surface area contributed by atoms with Crippen molar-refractivity contribution in [1.82, 2.24) is 0 Å². The molecule has 0 radical (unpaired) electrons. The number of amides is 2. The third-order valence-electron chi connectivity index (χ3n) is 4.04. The van der Waals surface area contributed by atoms with Crippen LogP contribution in [0.4, 0.5) is 11.4 Å². The van der Waals surface area contributed by atoms with Gasteiger partial charge >= 0.3 is 0 Å². The molecular formula is C18H17ClN2O3. The summed E-state index contributed by atoms with van der Waals surface area (Å²) in [6.07, 6.45) is 0.492. The summed E-state index contributed by atoms with van der Waals surface area (Å²) in [7, 11) is 1.53. The number of nitrogens with one attached hydrogen (secondary N) is 1. The smallest absolute Gasteiger partial charge is 0.247 e. The SMILES string of the molecule is COc1ccc(NC(=O)C2Cc3ccccc3N2C(C)=O)cc1Cl. The maximum Gasteiger partial charge on any atom is 0.247 e. The number of para-hydroxylation sites is 1. The van der Waals surface area contributed by atoms with Crippen molar-refractivity contribution < 1.29 is 14.3 Å². The average Bonchev–Trinajstić information content (AvgIpc) is 2.95. The molecule has 0 bridgehead atoms. The summed E-state index contributed by atoms with van der Waals surface area (Å²) in [4.78, 5) is 26.2. The second kappa shape index (κ2) is 6.53. The lowest BCUT2D eigenvalue weighted by molar-refractivity contribution is -0.122. The van der Waals surface area contributed by atoms with E-state index in [1.165, 1.54) is 18.9 Å². The van der Waals surface area contributed by atoms with Gasteiger partial charge < -0.3 is 10.1 Å². The number of fused-ring (bicyclic) bond motifs is 1. The van der Waals surface area contributed by atoms with Gasteiger partial charge in [-0.2, -0.15) is 0 Å². The number of carbonyl (C=O) groups is 2. The van der Waals surface area contributed by atoms with E-state index < -0.39 is 6.04 Å². The summed E-state index contributed by atoms with van der Waals surface area (Å²) in [6.45, 7) is 1.46. The Morgan fingerprint density at radius 3 is 2.67 bits per heavy atom. The zero-order valence-corrected chi connectivity index (χ0v) is 14.1. The Hall–Kier alpha value is -2.53. The third-order valence-corrected chi connectivity index (χ3v) is 4.33. The van der Waals surface area contributed by atoms with E-state index in [1.54, 1.807) is 18.2 Å². The van der Waals surface area contributed by atoms with Crippen molar-refractivity contribution in [3.05, 3.63) is 53.1 Å². The minimum absolute atomic E-state index is 0.159. The molecule has 2 amide bonds. The lowest BCUT2D eigenvalue weighted by atomic mass is 10.1. The molecule has 0 saturated heterocycles. The molecule has 1 atom stereocenters. The van der Waals surface area contributed by atoms with Gasteiger partial charge in [-0.15, -0.1) is 0 Å². The molecule has 0 spiro atoms. The second-order valence-corrected chi connectivity index (χ2v) is 5.98. The molecule has 1 N–H and O–H groups in total. The number of hydrogen-bond acceptors (Lipinski definition) is 3. The van der Waals surface area contributed by atoms with Gasteiger partial charge in [-0.05, 0) is 29.8 Å². The van der Waals surface area contributed by atoms with Crippen molar-refractivity contribution in [3.63, 3.8) is 0 Å². The summed E-state index contributed by atoms with van der Waals surface area (Å²) >= 11 is 6.08. The Morgan fingerprint density at radius 2 is 2.00 bits per heavy atom. The van der Waals surface area contributed by atoms with Crippen LogP contribution in [-0.2, 0) is 16.0 Å². The zero-order chi connectivity index (χ0) is 17.3. The van der Waals surface area contributed by atoms with Crippen LogP contribution in [0.2, 0.25) is 5.02 Å². The van der Waals surface area contributed by atoms with Gasteiger partial charge in [-0.1, -0.05) is 29.8 Å². The highest BCUT2D eigenvalue weighted by Crippen LogP contribution is 2.33. The fourth-order valence-corrected chi connectivity index (χ4v) is 3.21. The number of ether oxygens (including phenoxy) is 1. The van der Waals surface area contributed by atoms with Gasteiger partial charge in [-0.3, -0.25) is 14.5 Å². The van der Waals surface area contributed by atoms with Gasteiger partial charge in [-0.25, -0.2) is 0 Å². The number of anilines is 2. The molecule has 3 rings (SSSR count). The first-order valence-corrected chi connectivity index (χ1v) is 7.91. The number of carbonyl (C=O) groups excluding carboxylic acids is 2. The number of nitrogens with zero attached hydrogens (tertiary/aromatic N) is 1. The van der Waals surface area contributed by atoms with Crippen LogP contribution in [0.15, 0.2) is 42.5 Å². The first-order valence-electron chi connectivity index (χ1n) is 7.53. The standard InChI is InChI=1S/C18H17ClN2O3/c1-11(22)21-15-6-4-3-5-12(15)9-16(21)18(23)20-13-7-8-17(24-2)14(19)10-13/h3-8,10,16H,9H2,1-2H3,(H,20,23). The molecule has 0 aromatic heterocycles. The van der Waals surface area contributed by atoms with E-state index in [9.17, 15) is 9.59 Å². The van der Waals surface area contributed by atoms with E-state index in [-0.39, 0.29) is 11.8 Å². The fraction of sp³-hybridized carbons (Fsp3) is 0.222. The monoisotopic (exact) mass is 344 g/mol. The normalized spacial score (nSPS) is 15.8. The van der Waals surface area contributed by atoms with Gasteiger partial charge in [0.15, 0.2) is 0 Å². The van der Waals surface area contributed by atoms with E-state index in [0.717, 1.165) is 11.3 Å². The number of halogens is 1. The van der Waals surface area contributed by atoms with E-state index in [0.29, 0.717) is 22.9 Å². The molecule has 1 heterocycles. The summed E-state index contributed by atoms with van der Waals surface area (Å²) in [6, 6.07) is 12.0. The summed E-state index contributed by atoms with van der Waals surface area (Å²) in [5.74, 6) is 0.129. The molecule has 2 aromatic rings. The van der Waals surface area contributed by atoms with Gasteiger partial charge in [0.1, 0.15) is 11.8 Å². The summed E-state index contributed by atoms with van der Waals surface area (Å²) in [5, 5.41) is 3.23. The maximum absolute atomic E-state index is 12.7. The van der Waals surface area contributed by atoms with Crippen molar-refractivity contribution in [2.75, 3.05) is 17.3 Å². The lowest BCUT2D eigenvalue weighted by Crippen LogP contribution is -2.44. The van der Waals surface area contributed by atoms with Gasteiger partial charge in [0.25, 0.3) is 0 Å². The molecule has 1 aliphatic heterocycles. The molecule has 0 fully saturated rings. The van der Waals surface area contributed by atoms with Crippen LogP contribution >= 0.6 is 11.6 Å². The number of benzene rings is 2. The van der Waals surface area contributed by atoms with Crippen molar-refractivity contribution in [3.8, 4) is 5.75 Å². The highest BCUT2D eigenvalue weighted by Gasteiger charge is 2.36. The first kappa shape index (κ1) is 16.3. The molecule has 6 heteroatoms. The van der Waals surface area contributed by atoms with E-state index in [4.69, 9.17) is 16.3 Å². The number of hydrogen-bond donors (Lipinski definition) is 1. The third kappa shape index (κ3) is 2.95. The van der Waals surface area contributed by atoms with Crippen LogP contribution in [0.3, 0.4) is 0 Å². The molecule has 2 aromatic carbocycles. The Labute approximate surface area is 145 Å². The highest BCUT2D eigenvalue weighted by atomic mass is 35.5. The van der Waals surface area contributed by atoms with E-state index >= 15 is 0 Å². The predicted octanol–water partition coefficient (Wildman–Crippen LogP) is 3.26. The van der Waals surface area contributed by atoms with Crippen LogP contribution in [0.25, 0.3) is 0 Å². The lowest BCUT2D eigenvalue weighted by Gasteiger charge is -2.23. The topological polar surface area (TPSA) is 58.6 Å². The fourth-order valence-electron chi connectivity index (χ4n) is 2.95. The number of methoxy groups -OCH3 is 1. The van der Waals surface area contributed by atoms with Crippen molar-refractivity contribution in [2.24, 2.45) is 0 Å². The van der Waals surface area contributed by atoms with Gasteiger partial charge in [0, 0.05) is 24.7 Å². The Kier molecular flexibility index (Phi) is 4.44. The van der Waals surface area contributed by atoms with Crippen LogP contribution in [0.1, 0.15) is 12.5 Å². The van der Waals surface area contributed by atoms with Crippen molar-refractivity contribution in [2.45, 2.75) is 19.4 Å². The molecular weight excluding hydrogens is 328 g/mol. The highest BCUT2D eigenvalue weighted by molar-refractivity contribution is 6.32. The predicted molar refractivity (Wildman–Crippen MR) is 93.7 cm³/mol. The summed E-state index contributed by atoms with van der Waals surface area (Å²) in [5.41, 5.74) is 2.34. The zero-order valence-electron chi connectivity index (χ0n) is 13.4. The Balaban J connectivity index is 1.83. The molecule has 124 valence electrons. The van der Waals surface area contributed by atoms with Gasteiger partial charge in [0.05, 0.1) is 12.1 Å². The maximum atomic E-state index is 12.7. The minimum atomic E-state index is -0.569. The first-order chi connectivity index (χ1) is 11.5. The van der Waals surface area contributed by atoms with Gasteiger partial charge in [0.2, 0.25) is 11.8 Å². The quantitative estimate of drug-likeness (QED) is 0.929. The summed E-state index contributed by atoms with van der Waals surface area (Å²) < 4.78 is 5.10. The molecule has 24 heavy (non-hydrogen) atoms. The second-order valence-electron chi connectivity index (χ2n) is 5.58. The number of rotatable bonds is 3. The largest absolute Gasteiger partial charge is 0.495 e. The molecule has 1 aliphatic rings. The van der Waals surface area contributed by atoms with Crippen molar-refractivity contribution >= 4 is 34.8 Å². The van der Waals surface area contributed by atoms with Crippen LogP contribution < -0.4 is 15.0 Å². The van der Waals surface area contributed by atoms with Crippen molar-refractivity contribution in [1.29, 1.82) is 0 Å². The molecule has 0 aliphatic carbocycles.